The predicted octanol–water partition coefficient (Wildman–Crippen LogP) is 11.5. The lowest BCUT2D eigenvalue weighted by molar-refractivity contribution is 0.669. The fourth-order valence-electron chi connectivity index (χ4n) is 6.01. The predicted molar refractivity (Wildman–Crippen MR) is 177 cm³/mol. The average molecular weight is 538 g/mol. The topological polar surface area (TPSA) is 16.4 Å². The number of hydrogen-bond acceptors (Lipinski definition) is 2. The third-order valence-corrected chi connectivity index (χ3v) is 8.05. The van der Waals surface area contributed by atoms with E-state index in [-0.39, 0.29) is 0 Å². The first-order chi connectivity index (χ1) is 20.8. The van der Waals surface area contributed by atoms with Gasteiger partial charge in [0.15, 0.2) is 0 Å². The van der Waals surface area contributed by atoms with Crippen LogP contribution < -0.4 is 4.90 Å². The van der Waals surface area contributed by atoms with Gasteiger partial charge in [-0.15, -0.1) is 0 Å². The van der Waals surface area contributed by atoms with E-state index in [4.69, 9.17) is 4.42 Å². The molecule has 0 atom stereocenters. The highest BCUT2D eigenvalue weighted by molar-refractivity contribution is 6.19. The Bertz CT molecular complexity index is 2180. The monoisotopic (exact) mass is 537 g/mol. The lowest BCUT2D eigenvalue weighted by Gasteiger charge is -2.26. The molecule has 0 aliphatic rings. The van der Waals surface area contributed by atoms with Crippen LogP contribution in [0, 0.1) is 0 Å². The molecule has 0 bridgehead atoms. The highest BCUT2D eigenvalue weighted by atomic mass is 16.3. The van der Waals surface area contributed by atoms with Gasteiger partial charge in [0.05, 0.1) is 0 Å². The molecule has 1 aromatic heterocycles. The van der Waals surface area contributed by atoms with E-state index in [2.05, 4.69) is 169 Å². The van der Waals surface area contributed by atoms with Crippen molar-refractivity contribution in [2.75, 3.05) is 4.90 Å². The first-order valence-electron chi connectivity index (χ1n) is 14.3. The van der Waals surface area contributed by atoms with Crippen molar-refractivity contribution in [3.05, 3.63) is 164 Å². The Hall–Kier alpha value is -5.60. The molecule has 8 aromatic rings. The molecule has 0 saturated heterocycles. The Balaban J connectivity index is 1.23. The van der Waals surface area contributed by atoms with Crippen molar-refractivity contribution in [1.29, 1.82) is 0 Å². The molecule has 0 radical (unpaired) electrons. The Morgan fingerprint density at radius 2 is 0.976 bits per heavy atom. The average Bonchev–Trinajstić information content (AvgIpc) is 3.45. The van der Waals surface area contributed by atoms with E-state index in [0.29, 0.717) is 0 Å². The van der Waals surface area contributed by atoms with Crippen LogP contribution in [0.4, 0.5) is 17.1 Å². The van der Waals surface area contributed by atoms with Gasteiger partial charge in [-0.3, -0.25) is 0 Å². The summed E-state index contributed by atoms with van der Waals surface area (Å²) in [6.45, 7) is 0. The number of furan rings is 1. The maximum atomic E-state index is 6.44. The number of anilines is 3. The van der Waals surface area contributed by atoms with Crippen molar-refractivity contribution in [1.82, 2.24) is 0 Å². The van der Waals surface area contributed by atoms with Gasteiger partial charge in [-0.05, 0) is 75.5 Å². The summed E-state index contributed by atoms with van der Waals surface area (Å²) >= 11 is 0. The van der Waals surface area contributed by atoms with Crippen LogP contribution >= 0.6 is 0 Å². The Labute approximate surface area is 244 Å². The summed E-state index contributed by atoms with van der Waals surface area (Å²) in [5, 5.41) is 4.73. The normalized spacial score (nSPS) is 11.3. The van der Waals surface area contributed by atoms with Crippen LogP contribution in [-0.4, -0.2) is 0 Å². The smallest absolute Gasteiger partial charge is 0.137 e. The molecular weight excluding hydrogens is 510 g/mol. The zero-order chi connectivity index (χ0) is 27.9. The Morgan fingerprint density at radius 1 is 0.357 bits per heavy atom. The van der Waals surface area contributed by atoms with Crippen LogP contribution in [0.15, 0.2) is 168 Å². The van der Waals surface area contributed by atoms with Crippen LogP contribution in [0.25, 0.3) is 55.0 Å². The molecule has 1 heterocycles. The zero-order valence-corrected chi connectivity index (χ0v) is 22.9. The molecule has 42 heavy (non-hydrogen) atoms. The fourth-order valence-corrected chi connectivity index (χ4v) is 6.01. The van der Waals surface area contributed by atoms with Crippen LogP contribution in [0.1, 0.15) is 0 Å². The van der Waals surface area contributed by atoms with Gasteiger partial charge in [0.2, 0.25) is 0 Å². The number of nitrogens with zero attached hydrogens (tertiary/aromatic N) is 1. The minimum atomic E-state index is 0.882. The summed E-state index contributed by atoms with van der Waals surface area (Å²) < 4.78 is 6.44. The molecule has 0 saturated carbocycles. The van der Waals surface area contributed by atoms with Gasteiger partial charge in [0, 0.05) is 33.9 Å². The van der Waals surface area contributed by atoms with Crippen molar-refractivity contribution < 1.29 is 4.42 Å². The molecule has 198 valence electrons. The molecular formula is C40H27NO. The lowest BCUT2D eigenvalue weighted by Crippen LogP contribution is -2.09. The number of benzene rings is 7. The first-order valence-corrected chi connectivity index (χ1v) is 14.3. The second-order valence-corrected chi connectivity index (χ2v) is 10.6. The molecule has 8 rings (SSSR count). The number of rotatable bonds is 5. The number of hydrogen-bond donors (Lipinski definition) is 0. The van der Waals surface area contributed by atoms with E-state index in [0.717, 1.165) is 33.6 Å². The van der Waals surface area contributed by atoms with Crippen molar-refractivity contribution in [2.45, 2.75) is 0 Å². The fraction of sp³-hybridized carbons (Fsp3) is 0. The Morgan fingerprint density at radius 3 is 1.79 bits per heavy atom. The van der Waals surface area contributed by atoms with E-state index < -0.39 is 0 Å². The molecule has 0 unspecified atom stereocenters. The quantitative estimate of drug-likeness (QED) is 0.217. The van der Waals surface area contributed by atoms with Gasteiger partial charge in [0.25, 0.3) is 0 Å². The molecule has 0 N–H and O–H groups in total. The highest BCUT2D eigenvalue weighted by Crippen LogP contribution is 2.41. The molecule has 0 fully saturated rings. The third kappa shape index (κ3) is 4.22. The minimum absolute atomic E-state index is 0.882. The van der Waals surface area contributed by atoms with Gasteiger partial charge < -0.3 is 9.32 Å². The van der Waals surface area contributed by atoms with Gasteiger partial charge in [-0.2, -0.15) is 0 Å². The molecule has 7 aromatic carbocycles. The van der Waals surface area contributed by atoms with Crippen molar-refractivity contribution >= 4 is 49.8 Å². The number of para-hydroxylation sites is 1. The maximum absolute atomic E-state index is 6.44. The number of fused-ring (bicyclic) bond motifs is 5. The summed E-state index contributed by atoms with van der Waals surface area (Å²) in [7, 11) is 0. The molecule has 0 aliphatic heterocycles. The highest BCUT2D eigenvalue weighted by Gasteiger charge is 2.17. The van der Waals surface area contributed by atoms with Crippen LogP contribution in [0.3, 0.4) is 0 Å². The molecule has 2 heteroatoms. The minimum Gasteiger partial charge on any atom is -0.456 e. The molecule has 0 amide bonds. The summed E-state index contributed by atoms with van der Waals surface area (Å²) in [5.74, 6) is 0. The van der Waals surface area contributed by atoms with Gasteiger partial charge in [0.1, 0.15) is 11.2 Å². The second kappa shape index (κ2) is 10.1. The molecule has 0 spiro atoms. The van der Waals surface area contributed by atoms with Crippen molar-refractivity contribution in [3.63, 3.8) is 0 Å². The Kier molecular flexibility index (Phi) is 5.82. The largest absolute Gasteiger partial charge is 0.456 e. The summed E-state index contributed by atoms with van der Waals surface area (Å²) in [6, 6.07) is 57.9. The molecule has 2 nitrogen and oxygen atoms in total. The van der Waals surface area contributed by atoms with E-state index in [1.54, 1.807) is 0 Å². The van der Waals surface area contributed by atoms with Crippen LogP contribution in [0.2, 0.25) is 0 Å². The van der Waals surface area contributed by atoms with E-state index in [1.807, 2.05) is 0 Å². The summed E-state index contributed by atoms with van der Waals surface area (Å²) in [5.41, 5.74) is 9.82. The maximum Gasteiger partial charge on any atom is 0.137 e. The van der Waals surface area contributed by atoms with Crippen molar-refractivity contribution in [3.8, 4) is 22.3 Å². The summed E-state index contributed by atoms with van der Waals surface area (Å²) in [6.07, 6.45) is 0. The van der Waals surface area contributed by atoms with E-state index in [1.165, 1.54) is 38.4 Å². The second-order valence-electron chi connectivity index (χ2n) is 10.6. The van der Waals surface area contributed by atoms with Crippen LogP contribution in [0.5, 0.6) is 0 Å². The van der Waals surface area contributed by atoms with E-state index >= 15 is 0 Å². The first kappa shape index (κ1) is 24.2. The van der Waals surface area contributed by atoms with Crippen LogP contribution in [-0.2, 0) is 0 Å². The van der Waals surface area contributed by atoms with Crippen molar-refractivity contribution in [2.24, 2.45) is 0 Å². The zero-order valence-electron chi connectivity index (χ0n) is 22.9. The third-order valence-electron chi connectivity index (χ3n) is 8.05. The standard InChI is InChI=1S/C40H27NO/c1-3-10-28(11-4-1)29-18-20-30(21-19-29)32-13-9-16-34(26-32)41(33-14-5-2-6-15-33)35-23-24-37-39(27-35)42-38-25-22-31-12-7-8-17-36(31)40(37)38/h1-27H. The molecule has 0 aliphatic carbocycles. The summed E-state index contributed by atoms with van der Waals surface area (Å²) in [4.78, 5) is 2.30. The SMILES string of the molecule is c1ccc(-c2ccc(-c3cccc(N(c4ccccc4)c4ccc5c(c4)oc4ccc6ccccc6c45)c3)cc2)cc1. The van der Waals surface area contributed by atoms with Gasteiger partial charge in [-0.1, -0.05) is 115 Å². The lowest BCUT2D eigenvalue weighted by atomic mass is 9.99. The van der Waals surface area contributed by atoms with Gasteiger partial charge >= 0.3 is 0 Å². The van der Waals surface area contributed by atoms with Gasteiger partial charge in [-0.25, -0.2) is 0 Å². The van der Waals surface area contributed by atoms with E-state index in [9.17, 15) is 0 Å².